The molecule has 4 nitrogen and oxygen atoms in total. The van der Waals surface area contributed by atoms with Crippen LogP contribution < -0.4 is 9.80 Å². The number of amides is 1. The van der Waals surface area contributed by atoms with Crippen LogP contribution in [0.1, 0.15) is 49.9 Å². The molecule has 4 heteroatoms. The Morgan fingerprint density at radius 3 is 2.59 bits per heavy atom. The van der Waals surface area contributed by atoms with Crippen molar-refractivity contribution in [3.63, 3.8) is 0 Å². The first kappa shape index (κ1) is 18.3. The molecule has 1 fully saturated rings. The maximum atomic E-state index is 12.7. The second kappa shape index (κ2) is 7.89. The van der Waals surface area contributed by atoms with E-state index >= 15 is 0 Å². The summed E-state index contributed by atoms with van der Waals surface area (Å²) in [7, 11) is 0. The van der Waals surface area contributed by atoms with Crippen LogP contribution in [0.5, 0.6) is 0 Å². The standard InChI is InChI=1S/C23H31N3O/c1-3-5-6-13-24-14-8-15-25(17-16-24)20-11-12-21-22-18(20)9-7-10-19(22)23(27)26(21)4-2/h7,9-12H,3-6,8,13-17H2,1-2H3. The Hall–Kier alpha value is -2.07. The van der Waals surface area contributed by atoms with Gasteiger partial charge in [0, 0.05) is 48.2 Å². The molecule has 2 aliphatic rings. The van der Waals surface area contributed by atoms with Gasteiger partial charge in [-0.05, 0) is 51.1 Å². The molecular formula is C23H31N3O. The lowest BCUT2D eigenvalue weighted by atomic mass is 10.0. The molecule has 0 aromatic heterocycles. The first-order valence-corrected chi connectivity index (χ1v) is 10.6. The number of carbonyl (C=O) groups excluding carboxylic acids is 1. The molecule has 0 unspecified atom stereocenters. The van der Waals surface area contributed by atoms with Gasteiger partial charge >= 0.3 is 0 Å². The summed E-state index contributed by atoms with van der Waals surface area (Å²) >= 11 is 0. The minimum absolute atomic E-state index is 0.146. The SMILES string of the molecule is CCCCCN1CCCN(c2ccc3c4c(cccc24)C(=O)N3CC)CC1. The fourth-order valence-electron chi connectivity index (χ4n) is 4.64. The fourth-order valence-corrected chi connectivity index (χ4v) is 4.64. The lowest BCUT2D eigenvalue weighted by Gasteiger charge is -2.25. The topological polar surface area (TPSA) is 26.8 Å². The van der Waals surface area contributed by atoms with E-state index in [1.165, 1.54) is 49.8 Å². The molecular weight excluding hydrogens is 334 g/mol. The second-order valence-electron chi connectivity index (χ2n) is 7.77. The van der Waals surface area contributed by atoms with E-state index in [9.17, 15) is 4.79 Å². The normalized spacial score (nSPS) is 17.8. The number of anilines is 2. The van der Waals surface area contributed by atoms with Gasteiger partial charge in [-0.25, -0.2) is 0 Å². The molecule has 0 N–H and O–H groups in total. The molecule has 1 amide bonds. The van der Waals surface area contributed by atoms with Gasteiger partial charge in [0.1, 0.15) is 0 Å². The largest absolute Gasteiger partial charge is 0.370 e. The molecule has 0 radical (unpaired) electrons. The summed E-state index contributed by atoms with van der Waals surface area (Å²) in [5.41, 5.74) is 3.23. The van der Waals surface area contributed by atoms with Crippen molar-refractivity contribution in [1.82, 2.24) is 4.90 Å². The third-order valence-electron chi connectivity index (χ3n) is 6.09. The molecule has 2 heterocycles. The average molecular weight is 366 g/mol. The Morgan fingerprint density at radius 1 is 0.926 bits per heavy atom. The van der Waals surface area contributed by atoms with Gasteiger partial charge in [-0.15, -0.1) is 0 Å². The molecule has 2 aromatic rings. The number of hydrogen-bond donors (Lipinski definition) is 0. The predicted octanol–water partition coefficient (Wildman–Crippen LogP) is 4.52. The highest BCUT2D eigenvalue weighted by Crippen LogP contribution is 2.41. The molecule has 2 aromatic carbocycles. The zero-order chi connectivity index (χ0) is 18.8. The minimum Gasteiger partial charge on any atom is -0.370 e. The van der Waals surface area contributed by atoms with Crippen LogP contribution in [0.2, 0.25) is 0 Å². The number of carbonyl (C=O) groups is 1. The van der Waals surface area contributed by atoms with E-state index in [4.69, 9.17) is 0 Å². The van der Waals surface area contributed by atoms with E-state index in [1.54, 1.807) is 0 Å². The Morgan fingerprint density at radius 2 is 1.78 bits per heavy atom. The Kier molecular flexibility index (Phi) is 5.35. The molecule has 0 aliphatic carbocycles. The van der Waals surface area contributed by atoms with Crippen LogP contribution in [0.25, 0.3) is 10.8 Å². The lowest BCUT2D eigenvalue weighted by molar-refractivity contribution is 0.0994. The number of nitrogens with zero attached hydrogens (tertiary/aromatic N) is 3. The minimum atomic E-state index is 0.146. The van der Waals surface area contributed by atoms with E-state index in [-0.39, 0.29) is 5.91 Å². The van der Waals surface area contributed by atoms with Crippen molar-refractivity contribution in [1.29, 1.82) is 0 Å². The highest BCUT2D eigenvalue weighted by molar-refractivity contribution is 6.26. The van der Waals surface area contributed by atoms with E-state index in [0.29, 0.717) is 0 Å². The molecule has 2 aliphatic heterocycles. The number of rotatable bonds is 6. The third-order valence-corrected chi connectivity index (χ3v) is 6.09. The van der Waals surface area contributed by atoms with Crippen LogP contribution in [-0.2, 0) is 0 Å². The Balaban J connectivity index is 1.60. The van der Waals surface area contributed by atoms with E-state index < -0.39 is 0 Å². The summed E-state index contributed by atoms with van der Waals surface area (Å²) in [6.45, 7) is 10.8. The first-order chi connectivity index (χ1) is 13.2. The van der Waals surface area contributed by atoms with Crippen LogP contribution in [0, 0.1) is 0 Å². The lowest BCUT2D eigenvalue weighted by Crippen LogP contribution is -2.31. The quantitative estimate of drug-likeness (QED) is 0.704. The summed E-state index contributed by atoms with van der Waals surface area (Å²) in [6, 6.07) is 10.6. The Labute approximate surface area is 162 Å². The zero-order valence-corrected chi connectivity index (χ0v) is 16.7. The maximum absolute atomic E-state index is 12.7. The number of hydrogen-bond acceptors (Lipinski definition) is 3. The van der Waals surface area contributed by atoms with E-state index in [2.05, 4.69) is 34.9 Å². The van der Waals surface area contributed by atoms with Crippen LogP contribution in [-0.4, -0.2) is 50.1 Å². The first-order valence-electron chi connectivity index (χ1n) is 10.6. The molecule has 1 saturated heterocycles. The maximum Gasteiger partial charge on any atom is 0.258 e. The summed E-state index contributed by atoms with van der Waals surface area (Å²) in [6.07, 6.45) is 5.13. The molecule has 27 heavy (non-hydrogen) atoms. The van der Waals surface area contributed by atoms with Gasteiger partial charge in [0.2, 0.25) is 0 Å². The van der Waals surface area contributed by atoms with Crippen molar-refractivity contribution in [3.05, 3.63) is 35.9 Å². The summed E-state index contributed by atoms with van der Waals surface area (Å²) in [5, 5.41) is 2.37. The molecule has 0 bridgehead atoms. The summed E-state index contributed by atoms with van der Waals surface area (Å²) in [4.78, 5) is 19.8. The smallest absolute Gasteiger partial charge is 0.258 e. The van der Waals surface area contributed by atoms with Gasteiger partial charge in [0.05, 0.1) is 5.69 Å². The van der Waals surface area contributed by atoms with Crippen molar-refractivity contribution in [2.45, 2.75) is 39.5 Å². The highest BCUT2D eigenvalue weighted by atomic mass is 16.2. The van der Waals surface area contributed by atoms with Gasteiger partial charge in [-0.3, -0.25) is 4.79 Å². The fraction of sp³-hybridized carbons (Fsp3) is 0.522. The van der Waals surface area contributed by atoms with E-state index in [1.807, 2.05) is 24.0 Å². The van der Waals surface area contributed by atoms with Crippen molar-refractivity contribution < 1.29 is 4.79 Å². The van der Waals surface area contributed by atoms with Gasteiger partial charge < -0.3 is 14.7 Å². The van der Waals surface area contributed by atoms with Crippen molar-refractivity contribution in [3.8, 4) is 0 Å². The van der Waals surface area contributed by atoms with Crippen molar-refractivity contribution in [2.75, 3.05) is 49.1 Å². The van der Waals surface area contributed by atoms with Crippen molar-refractivity contribution >= 4 is 28.1 Å². The van der Waals surface area contributed by atoms with Crippen LogP contribution >= 0.6 is 0 Å². The van der Waals surface area contributed by atoms with Crippen LogP contribution in [0.15, 0.2) is 30.3 Å². The summed E-state index contributed by atoms with van der Waals surface area (Å²) in [5.74, 6) is 0.146. The number of unbranched alkanes of at least 4 members (excludes halogenated alkanes) is 2. The highest BCUT2D eigenvalue weighted by Gasteiger charge is 2.30. The van der Waals surface area contributed by atoms with Crippen molar-refractivity contribution in [2.24, 2.45) is 0 Å². The monoisotopic (exact) mass is 365 g/mol. The molecule has 0 spiro atoms. The molecule has 4 rings (SSSR count). The van der Waals surface area contributed by atoms with Crippen LogP contribution in [0.4, 0.5) is 11.4 Å². The Bertz CT molecular complexity index is 832. The molecule has 0 atom stereocenters. The van der Waals surface area contributed by atoms with Gasteiger partial charge in [-0.1, -0.05) is 31.9 Å². The molecule has 0 saturated carbocycles. The van der Waals surface area contributed by atoms with E-state index in [0.717, 1.165) is 42.8 Å². The predicted molar refractivity (Wildman–Crippen MR) is 114 cm³/mol. The zero-order valence-electron chi connectivity index (χ0n) is 16.7. The van der Waals surface area contributed by atoms with Crippen LogP contribution in [0.3, 0.4) is 0 Å². The van der Waals surface area contributed by atoms with Gasteiger partial charge in [0.15, 0.2) is 0 Å². The summed E-state index contributed by atoms with van der Waals surface area (Å²) < 4.78 is 0. The third kappa shape index (κ3) is 3.31. The number of benzene rings is 2. The second-order valence-corrected chi connectivity index (χ2v) is 7.77. The average Bonchev–Trinajstić information content (AvgIpc) is 2.84. The van der Waals surface area contributed by atoms with Gasteiger partial charge in [-0.2, -0.15) is 0 Å². The molecule has 144 valence electrons. The van der Waals surface area contributed by atoms with Gasteiger partial charge in [0.25, 0.3) is 5.91 Å².